The van der Waals surface area contributed by atoms with Crippen LogP contribution in [0.1, 0.15) is 58.8 Å². The first-order valence-corrected chi connectivity index (χ1v) is 8.78. The van der Waals surface area contributed by atoms with Gasteiger partial charge in [0, 0.05) is 11.8 Å². The fraction of sp³-hybridized carbons (Fsp3) is 0.789. The van der Waals surface area contributed by atoms with E-state index in [1.54, 1.807) is 0 Å². The Morgan fingerprint density at radius 3 is 2.68 bits per heavy atom. The maximum Gasteiger partial charge on any atom is 0.172 e. The maximum absolute atomic E-state index is 14.1. The fourth-order valence-electron chi connectivity index (χ4n) is 6.08. The lowest BCUT2D eigenvalue weighted by Gasteiger charge is -2.57. The Bertz CT molecular complexity index is 564. The van der Waals surface area contributed by atoms with Crippen LogP contribution in [0, 0.1) is 22.7 Å². The van der Waals surface area contributed by atoms with Gasteiger partial charge in [0.05, 0.1) is 0 Å². The van der Waals surface area contributed by atoms with E-state index in [1.807, 2.05) is 6.92 Å². The Balaban J connectivity index is 1.80. The molecular weight excluding hydrogens is 279 g/mol. The molecule has 4 aliphatic carbocycles. The monoisotopic (exact) mass is 306 g/mol. The molecule has 3 fully saturated rings. The van der Waals surface area contributed by atoms with E-state index < -0.39 is 17.4 Å². The molecule has 0 aliphatic heterocycles. The van der Waals surface area contributed by atoms with Gasteiger partial charge in [-0.1, -0.05) is 37.1 Å². The van der Waals surface area contributed by atoms with Gasteiger partial charge in [0.25, 0.3) is 0 Å². The van der Waals surface area contributed by atoms with E-state index in [0.29, 0.717) is 19.3 Å². The largest absolute Gasteiger partial charge is 0.365 e. The predicted octanol–water partition coefficient (Wildman–Crippen LogP) is 3.89. The van der Waals surface area contributed by atoms with Crippen molar-refractivity contribution in [1.82, 2.24) is 0 Å². The molecule has 2 nitrogen and oxygen atoms in total. The number of aliphatic hydroxyl groups is 2. The lowest BCUT2D eigenvalue weighted by atomic mass is 9.50. The van der Waals surface area contributed by atoms with E-state index in [0.717, 1.165) is 25.7 Å². The van der Waals surface area contributed by atoms with Gasteiger partial charge in [-0.2, -0.15) is 0 Å². The number of hydrogen-bond donors (Lipinski definition) is 2. The maximum atomic E-state index is 14.1. The second-order valence-electron chi connectivity index (χ2n) is 8.57. The average Bonchev–Trinajstić information content (AvgIpc) is 2.74. The van der Waals surface area contributed by atoms with Crippen LogP contribution < -0.4 is 0 Å². The van der Waals surface area contributed by atoms with Crippen molar-refractivity contribution in [2.75, 3.05) is 0 Å². The molecule has 22 heavy (non-hydrogen) atoms. The fourth-order valence-corrected chi connectivity index (χ4v) is 6.08. The van der Waals surface area contributed by atoms with Crippen LogP contribution in [0.3, 0.4) is 0 Å². The van der Waals surface area contributed by atoms with E-state index >= 15 is 0 Å². The van der Waals surface area contributed by atoms with E-state index in [2.05, 4.69) is 19.1 Å². The molecule has 0 bridgehead atoms. The molecule has 0 amide bonds. The topological polar surface area (TPSA) is 40.5 Å². The van der Waals surface area contributed by atoms with E-state index in [9.17, 15) is 14.6 Å². The highest BCUT2D eigenvalue weighted by atomic mass is 19.1. The summed E-state index contributed by atoms with van der Waals surface area (Å²) in [4.78, 5) is 0. The smallest absolute Gasteiger partial charge is 0.172 e. The van der Waals surface area contributed by atoms with Crippen LogP contribution in [-0.2, 0) is 0 Å². The van der Waals surface area contributed by atoms with Crippen molar-refractivity contribution in [3.63, 3.8) is 0 Å². The van der Waals surface area contributed by atoms with Crippen molar-refractivity contribution in [3.05, 3.63) is 23.3 Å². The van der Waals surface area contributed by atoms with Gasteiger partial charge in [-0.05, 0) is 55.8 Å². The minimum absolute atomic E-state index is 0.0612. The molecule has 122 valence electrons. The van der Waals surface area contributed by atoms with Crippen LogP contribution >= 0.6 is 0 Å². The number of allylic oxidation sites excluding steroid dienone is 3. The lowest BCUT2D eigenvalue weighted by molar-refractivity contribution is -0.254. The van der Waals surface area contributed by atoms with Crippen LogP contribution in [0.5, 0.6) is 0 Å². The number of fused-ring (bicyclic) bond motifs is 5. The Morgan fingerprint density at radius 2 is 1.91 bits per heavy atom. The molecule has 0 saturated heterocycles. The minimum Gasteiger partial charge on any atom is -0.365 e. The lowest BCUT2D eigenvalue weighted by Crippen LogP contribution is -2.57. The van der Waals surface area contributed by atoms with Crippen molar-refractivity contribution in [1.29, 1.82) is 0 Å². The molecule has 5 atom stereocenters. The van der Waals surface area contributed by atoms with Gasteiger partial charge in [0.15, 0.2) is 5.79 Å². The highest BCUT2D eigenvalue weighted by Crippen LogP contribution is 2.65. The molecule has 0 aromatic carbocycles. The van der Waals surface area contributed by atoms with E-state index in [4.69, 9.17) is 0 Å². The van der Waals surface area contributed by atoms with Crippen molar-refractivity contribution in [3.8, 4) is 0 Å². The zero-order valence-electron chi connectivity index (χ0n) is 13.6. The molecule has 0 aromatic rings. The van der Waals surface area contributed by atoms with Gasteiger partial charge in [-0.25, -0.2) is 4.39 Å². The first-order valence-electron chi connectivity index (χ1n) is 8.78. The normalized spacial score (nSPS) is 49.6. The second kappa shape index (κ2) is 4.45. The first-order chi connectivity index (χ1) is 10.3. The molecule has 3 saturated carbocycles. The van der Waals surface area contributed by atoms with Gasteiger partial charge < -0.3 is 10.2 Å². The summed E-state index contributed by atoms with van der Waals surface area (Å²) >= 11 is 0. The molecule has 2 N–H and O–H groups in total. The van der Waals surface area contributed by atoms with Crippen LogP contribution in [0.25, 0.3) is 0 Å². The molecule has 0 aromatic heterocycles. The van der Waals surface area contributed by atoms with Crippen molar-refractivity contribution >= 4 is 0 Å². The summed E-state index contributed by atoms with van der Waals surface area (Å²) in [6.45, 7) is 4.25. The Labute approximate surface area is 132 Å². The molecule has 0 spiro atoms. The molecular formula is C19H27FO2. The standard InChI is InChI=1S/C19H27FO2/c1-17-9-7-15-14(16(17)10-13(20)11-17)6-5-12-4-3-8-19(21,22)18(12,15)2/h5-6,13,15-16,21-22H,3-4,7-11H2,1-2H3/t13-,15+,16+,17-,18+/m1/s1. The zero-order chi connectivity index (χ0) is 15.8. The summed E-state index contributed by atoms with van der Waals surface area (Å²) in [6, 6.07) is 0. The van der Waals surface area contributed by atoms with Crippen molar-refractivity contribution in [2.45, 2.75) is 70.8 Å². The second-order valence-corrected chi connectivity index (χ2v) is 8.57. The molecule has 0 unspecified atom stereocenters. The van der Waals surface area contributed by atoms with E-state index in [-0.39, 0.29) is 17.3 Å². The SMILES string of the molecule is C[C@]12CC[C@H]3C(=CC=C4CCCC(O)(O)[C@@]43C)[C@@H]1C[C@@H](F)C2. The van der Waals surface area contributed by atoms with Crippen LogP contribution in [-0.4, -0.2) is 22.2 Å². The number of halogens is 1. The third-order valence-corrected chi connectivity index (χ3v) is 7.47. The van der Waals surface area contributed by atoms with Crippen LogP contribution in [0.4, 0.5) is 4.39 Å². The highest BCUT2D eigenvalue weighted by Gasteiger charge is 2.61. The summed E-state index contributed by atoms with van der Waals surface area (Å²) in [5.74, 6) is -1.21. The Hall–Kier alpha value is -0.670. The van der Waals surface area contributed by atoms with E-state index in [1.165, 1.54) is 11.1 Å². The quantitative estimate of drug-likeness (QED) is 0.667. The Kier molecular flexibility index (Phi) is 3.01. The average molecular weight is 306 g/mol. The zero-order valence-corrected chi connectivity index (χ0v) is 13.6. The van der Waals surface area contributed by atoms with Gasteiger partial charge in [-0.15, -0.1) is 0 Å². The summed E-state index contributed by atoms with van der Waals surface area (Å²) in [5.41, 5.74) is 1.93. The number of alkyl halides is 1. The third-order valence-electron chi connectivity index (χ3n) is 7.47. The van der Waals surface area contributed by atoms with Gasteiger partial charge >= 0.3 is 0 Å². The summed E-state index contributed by atoms with van der Waals surface area (Å²) in [5, 5.41) is 21.5. The van der Waals surface area contributed by atoms with Crippen molar-refractivity contribution < 1.29 is 14.6 Å². The summed E-state index contributed by atoms with van der Waals surface area (Å²) in [7, 11) is 0. The number of rotatable bonds is 0. The predicted molar refractivity (Wildman–Crippen MR) is 83.7 cm³/mol. The molecule has 4 aliphatic rings. The minimum atomic E-state index is -1.64. The molecule has 0 heterocycles. The number of hydrogen-bond acceptors (Lipinski definition) is 2. The van der Waals surface area contributed by atoms with Crippen molar-refractivity contribution in [2.24, 2.45) is 22.7 Å². The first kappa shape index (κ1) is 14.9. The van der Waals surface area contributed by atoms with Crippen LogP contribution in [0.15, 0.2) is 23.3 Å². The molecule has 3 heteroatoms. The molecule has 0 radical (unpaired) electrons. The van der Waals surface area contributed by atoms with Crippen LogP contribution in [0.2, 0.25) is 0 Å². The summed E-state index contributed by atoms with van der Waals surface area (Å²) in [6.07, 6.45) is 9.06. The molecule has 4 rings (SSSR count). The summed E-state index contributed by atoms with van der Waals surface area (Å²) < 4.78 is 14.1. The Morgan fingerprint density at radius 1 is 1.14 bits per heavy atom. The highest BCUT2D eigenvalue weighted by molar-refractivity contribution is 5.40. The van der Waals surface area contributed by atoms with Gasteiger partial charge in [-0.3, -0.25) is 0 Å². The van der Waals surface area contributed by atoms with Gasteiger partial charge in [0.1, 0.15) is 6.17 Å². The third kappa shape index (κ3) is 1.73. The van der Waals surface area contributed by atoms with Gasteiger partial charge in [0.2, 0.25) is 0 Å².